The van der Waals surface area contributed by atoms with Crippen molar-refractivity contribution in [3.63, 3.8) is 0 Å². The molecule has 0 aliphatic heterocycles. The van der Waals surface area contributed by atoms with Gasteiger partial charge in [-0.15, -0.1) is 0 Å². The van der Waals surface area contributed by atoms with Crippen LogP contribution < -0.4 is 5.73 Å². The zero-order valence-corrected chi connectivity index (χ0v) is 9.05. The van der Waals surface area contributed by atoms with Crippen molar-refractivity contribution in [2.75, 3.05) is 5.73 Å². The average molecular weight is 266 g/mol. The number of halogens is 2. The second-order valence-corrected chi connectivity index (χ2v) is 3.39. The van der Waals surface area contributed by atoms with Crippen LogP contribution in [0, 0.1) is 33.1 Å². The predicted molar refractivity (Wildman–Crippen MR) is 57.6 cm³/mol. The highest BCUT2D eigenvalue weighted by atomic mass is 19.1. The van der Waals surface area contributed by atoms with Gasteiger partial charge in [0.1, 0.15) is 11.9 Å². The lowest BCUT2D eigenvalue weighted by Crippen LogP contribution is -1.97. The molecule has 2 N–H and O–H groups in total. The van der Waals surface area contributed by atoms with Gasteiger partial charge in [0.2, 0.25) is 23.3 Å². The summed E-state index contributed by atoms with van der Waals surface area (Å²) in [6.45, 7) is 0. The van der Waals surface area contributed by atoms with E-state index in [0.29, 0.717) is 12.1 Å². The van der Waals surface area contributed by atoms with Gasteiger partial charge in [-0.05, 0) is 6.07 Å². The lowest BCUT2D eigenvalue weighted by atomic mass is 10.1. The van der Waals surface area contributed by atoms with E-state index in [1.165, 1.54) is 0 Å². The van der Waals surface area contributed by atoms with Gasteiger partial charge in [0.15, 0.2) is 0 Å². The minimum Gasteiger partial charge on any atom is -0.419 e. The molecule has 2 aromatic rings. The monoisotopic (exact) mass is 266 g/mol. The molecule has 0 saturated heterocycles. The first-order chi connectivity index (χ1) is 8.93. The van der Waals surface area contributed by atoms with Crippen LogP contribution in [0.25, 0.3) is 11.5 Å². The summed E-state index contributed by atoms with van der Waals surface area (Å²) in [4.78, 5) is 13.0. The van der Waals surface area contributed by atoms with E-state index in [0.717, 1.165) is 0 Å². The highest BCUT2D eigenvalue weighted by Gasteiger charge is 2.24. The molecular formula is C10H4F2N4O3. The Morgan fingerprint density at radius 3 is 2.68 bits per heavy atom. The van der Waals surface area contributed by atoms with E-state index >= 15 is 0 Å². The quantitative estimate of drug-likeness (QED) is 0.655. The molecule has 1 aromatic heterocycles. The Hall–Kier alpha value is -3.02. The number of nitro benzene ring substituents is 1. The third-order valence-electron chi connectivity index (χ3n) is 2.20. The Morgan fingerprint density at radius 1 is 1.47 bits per heavy atom. The first-order valence-electron chi connectivity index (χ1n) is 4.74. The number of nitriles is 1. The Labute approximate surface area is 104 Å². The Kier molecular flexibility index (Phi) is 2.84. The highest BCUT2D eigenvalue weighted by Crippen LogP contribution is 2.31. The third kappa shape index (κ3) is 2.06. The van der Waals surface area contributed by atoms with Crippen LogP contribution in [0.5, 0.6) is 0 Å². The van der Waals surface area contributed by atoms with Gasteiger partial charge in [-0.2, -0.15) is 14.6 Å². The molecule has 0 aliphatic carbocycles. The molecule has 0 fully saturated rings. The summed E-state index contributed by atoms with van der Waals surface area (Å²) in [5, 5.41) is 19.2. The molecule has 0 saturated carbocycles. The van der Waals surface area contributed by atoms with E-state index in [1.54, 1.807) is 6.07 Å². The molecule has 0 atom stereocenters. The van der Waals surface area contributed by atoms with Gasteiger partial charge in [0, 0.05) is 0 Å². The van der Waals surface area contributed by atoms with Crippen LogP contribution in [0.4, 0.5) is 20.4 Å². The van der Waals surface area contributed by atoms with E-state index in [1.807, 2.05) is 0 Å². The van der Waals surface area contributed by atoms with Gasteiger partial charge >= 0.3 is 5.69 Å². The normalized spacial score (nSPS) is 10.2. The van der Waals surface area contributed by atoms with Crippen molar-refractivity contribution >= 4 is 11.6 Å². The fourth-order valence-corrected chi connectivity index (χ4v) is 1.39. The van der Waals surface area contributed by atoms with E-state index in [-0.39, 0.29) is 11.6 Å². The van der Waals surface area contributed by atoms with Gasteiger partial charge in [-0.3, -0.25) is 10.1 Å². The number of hydrogen-bond acceptors (Lipinski definition) is 6. The minimum absolute atomic E-state index is 0.318. The number of benzene rings is 1. The maximum Gasteiger partial charge on any atom is 0.308 e. The highest BCUT2D eigenvalue weighted by molar-refractivity contribution is 5.62. The first-order valence-corrected chi connectivity index (χ1v) is 4.74. The molecular weight excluding hydrogens is 262 g/mol. The summed E-state index contributed by atoms with van der Waals surface area (Å²) in [5.74, 6) is -3.26. The van der Waals surface area contributed by atoms with Gasteiger partial charge in [-0.25, -0.2) is 4.39 Å². The Bertz CT molecular complexity index is 720. The summed E-state index contributed by atoms with van der Waals surface area (Å²) >= 11 is 0. The number of nitrogen functional groups attached to an aromatic ring is 1. The predicted octanol–water partition coefficient (Wildman–Crippen LogP) is 1.98. The van der Waals surface area contributed by atoms with Gasteiger partial charge in [0.25, 0.3) is 0 Å². The number of nitrogens with zero attached hydrogens (tertiary/aromatic N) is 3. The fourth-order valence-electron chi connectivity index (χ4n) is 1.39. The number of hydrogen-bond donors (Lipinski definition) is 1. The van der Waals surface area contributed by atoms with Crippen LogP contribution in [0.1, 0.15) is 5.69 Å². The summed E-state index contributed by atoms with van der Waals surface area (Å²) in [6.07, 6.45) is 0. The van der Waals surface area contributed by atoms with Crippen LogP contribution >= 0.6 is 0 Å². The van der Waals surface area contributed by atoms with Crippen LogP contribution in [0.2, 0.25) is 0 Å². The van der Waals surface area contributed by atoms with Gasteiger partial charge in [-0.1, -0.05) is 0 Å². The summed E-state index contributed by atoms with van der Waals surface area (Å²) in [6, 6.07) is 2.67. The van der Waals surface area contributed by atoms with Crippen LogP contribution in [-0.2, 0) is 0 Å². The maximum atomic E-state index is 13.8. The molecule has 0 aliphatic rings. The van der Waals surface area contributed by atoms with Gasteiger partial charge in [0.05, 0.1) is 16.6 Å². The first kappa shape index (κ1) is 12.4. The van der Waals surface area contributed by atoms with E-state index < -0.39 is 33.7 Å². The third-order valence-corrected chi connectivity index (χ3v) is 2.20. The minimum atomic E-state index is -1.32. The number of nitrogens with two attached hydrogens (primary N) is 1. The maximum absolute atomic E-state index is 13.8. The smallest absolute Gasteiger partial charge is 0.308 e. The Balaban J connectivity index is 2.68. The standard InChI is InChI=1S/C10H4F2N4O3/c11-4-1-5(8(12)7(2-4)16(17)18)10-15-6(3-13)9(14)19-10/h1-2H,14H2. The number of rotatable bonds is 2. The zero-order valence-electron chi connectivity index (χ0n) is 9.05. The van der Waals surface area contributed by atoms with E-state index in [9.17, 15) is 18.9 Å². The number of oxazole rings is 1. The van der Waals surface area contributed by atoms with E-state index in [4.69, 9.17) is 15.4 Å². The summed E-state index contributed by atoms with van der Waals surface area (Å²) in [5.41, 5.74) is 3.31. The largest absolute Gasteiger partial charge is 0.419 e. The summed E-state index contributed by atoms with van der Waals surface area (Å²) < 4.78 is 31.8. The molecule has 0 amide bonds. The SMILES string of the molecule is N#Cc1nc(-c2cc(F)cc([N+](=O)[O-])c2F)oc1N. The summed E-state index contributed by atoms with van der Waals surface area (Å²) in [7, 11) is 0. The Morgan fingerprint density at radius 2 is 2.16 bits per heavy atom. The van der Waals surface area contributed by atoms with Crippen molar-refractivity contribution in [1.29, 1.82) is 5.26 Å². The lowest BCUT2D eigenvalue weighted by molar-refractivity contribution is -0.387. The molecule has 2 rings (SSSR count). The number of anilines is 1. The van der Waals surface area contributed by atoms with Gasteiger partial charge < -0.3 is 10.2 Å². The van der Waals surface area contributed by atoms with E-state index in [2.05, 4.69) is 4.98 Å². The van der Waals surface area contributed by atoms with Crippen molar-refractivity contribution in [2.45, 2.75) is 0 Å². The molecule has 7 nitrogen and oxygen atoms in total. The zero-order chi connectivity index (χ0) is 14.2. The van der Waals surface area contributed by atoms with Crippen molar-refractivity contribution < 1.29 is 18.1 Å². The molecule has 1 heterocycles. The molecule has 19 heavy (non-hydrogen) atoms. The fraction of sp³-hybridized carbons (Fsp3) is 0. The average Bonchev–Trinajstić information content (AvgIpc) is 2.72. The molecule has 0 unspecified atom stereocenters. The van der Waals surface area contributed by atoms with Crippen molar-refractivity contribution in [1.82, 2.24) is 4.98 Å². The van der Waals surface area contributed by atoms with Crippen LogP contribution in [0.3, 0.4) is 0 Å². The molecule has 1 aromatic carbocycles. The second kappa shape index (κ2) is 4.34. The second-order valence-electron chi connectivity index (χ2n) is 3.39. The van der Waals surface area contributed by atoms with Crippen LogP contribution in [0.15, 0.2) is 16.5 Å². The van der Waals surface area contributed by atoms with Crippen molar-refractivity contribution in [3.05, 3.63) is 39.6 Å². The molecule has 96 valence electrons. The van der Waals surface area contributed by atoms with Crippen LogP contribution in [-0.4, -0.2) is 9.91 Å². The molecule has 0 spiro atoms. The molecule has 9 heteroatoms. The van der Waals surface area contributed by atoms with Crippen molar-refractivity contribution in [3.8, 4) is 17.5 Å². The van der Waals surface area contributed by atoms with Crippen molar-refractivity contribution in [2.24, 2.45) is 0 Å². The number of nitro groups is 1. The molecule has 0 bridgehead atoms. The lowest BCUT2D eigenvalue weighted by Gasteiger charge is -2.00. The number of aromatic nitrogens is 1. The topological polar surface area (TPSA) is 119 Å². The molecule has 0 radical (unpaired) electrons.